The van der Waals surface area contributed by atoms with Crippen molar-refractivity contribution in [1.82, 2.24) is 0 Å². The molecule has 1 fully saturated rings. The first-order valence-corrected chi connectivity index (χ1v) is 9.32. The van der Waals surface area contributed by atoms with Crippen LogP contribution in [0.5, 0.6) is 5.75 Å². The van der Waals surface area contributed by atoms with Crippen molar-refractivity contribution in [3.63, 3.8) is 0 Å². The van der Waals surface area contributed by atoms with Gasteiger partial charge < -0.3 is 14.4 Å². The number of hydrogen-bond donors (Lipinski definition) is 2. The third-order valence-electron chi connectivity index (χ3n) is 5.36. The smallest absolute Gasteiger partial charge is 0.200 e. The van der Waals surface area contributed by atoms with E-state index in [0.29, 0.717) is 28.8 Å². The molecular weight excluding hydrogens is 326 g/mol. The minimum absolute atomic E-state index is 0.0372. The minimum Gasteiger partial charge on any atom is -0.507 e. The van der Waals surface area contributed by atoms with Crippen molar-refractivity contribution in [2.24, 2.45) is 0 Å². The Hall–Kier alpha value is -2.59. The quantitative estimate of drug-likeness (QED) is 0.763. The largest absolute Gasteiger partial charge is 0.507 e. The average molecular weight is 350 g/mol. The number of phenolic OH excluding ortho intramolecular Hbond substituents is 1. The fraction of sp³-hybridized carbons (Fsp3) is 0.318. The van der Waals surface area contributed by atoms with E-state index < -0.39 is 0 Å². The lowest BCUT2D eigenvalue weighted by Crippen LogP contribution is -3.11. The van der Waals surface area contributed by atoms with Gasteiger partial charge in [-0.05, 0) is 43.9 Å². The first-order chi connectivity index (χ1) is 12.6. The summed E-state index contributed by atoms with van der Waals surface area (Å²) in [7, 11) is 0. The summed E-state index contributed by atoms with van der Waals surface area (Å²) in [6.07, 6.45) is 3.70. The van der Waals surface area contributed by atoms with E-state index in [4.69, 9.17) is 4.42 Å². The number of benzene rings is 2. The van der Waals surface area contributed by atoms with Crippen molar-refractivity contribution < 1.29 is 14.4 Å². The first kappa shape index (κ1) is 16.9. The number of aryl methyl sites for hydroxylation is 1. The first-order valence-electron chi connectivity index (χ1n) is 9.32. The van der Waals surface area contributed by atoms with Crippen LogP contribution in [0.3, 0.4) is 0 Å². The highest BCUT2D eigenvalue weighted by Crippen LogP contribution is 2.29. The summed E-state index contributed by atoms with van der Waals surface area (Å²) in [4.78, 5) is 14.6. The highest BCUT2D eigenvalue weighted by atomic mass is 16.3. The Kier molecular flexibility index (Phi) is 4.51. The van der Waals surface area contributed by atoms with Gasteiger partial charge in [0.15, 0.2) is 5.58 Å². The van der Waals surface area contributed by atoms with Crippen molar-refractivity contribution in [2.45, 2.75) is 32.7 Å². The van der Waals surface area contributed by atoms with Crippen molar-refractivity contribution >= 4 is 11.0 Å². The molecule has 1 aromatic heterocycles. The molecule has 4 rings (SSSR count). The molecule has 4 nitrogen and oxygen atoms in total. The molecule has 0 amide bonds. The molecule has 2 N–H and O–H groups in total. The molecule has 0 spiro atoms. The lowest BCUT2D eigenvalue weighted by atomic mass is 10.0. The van der Waals surface area contributed by atoms with Gasteiger partial charge in [-0.2, -0.15) is 0 Å². The minimum atomic E-state index is -0.0372. The highest BCUT2D eigenvalue weighted by Gasteiger charge is 2.22. The van der Waals surface area contributed by atoms with Crippen LogP contribution in [0.15, 0.2) is 51.7 Å². The van der Waals surface area contributed by atoms with Crippen LogP contribution in [0.2, 0.25) is 0 Å². The zero-order valence-corrected chi connectivity index (χ0v) is 15.0. The molecule has 26 heavy (non-hydrogen) atoms. The Bertz CT molecular complexity index is 986. The molecule has 0 aliphatic carbocycles. The summed E-state index contributed by atoms with van der Waals surface area (Å²) >= 11 is 0. The second-order valence-corrected chi connectivity index (χ2v) is 7.16. The third kappa shape index (κ3) is 3.01. The van der Waals surface area contributed by atoms with Gasteiger partial charge in [0.2, 0.25) is 5.43 Å². The van der Waals surface area contributed by atoms with Gasteiger partial charge in [0.1, 0.15) is 18.1 Å². The second kappa shape index (κ2) is 6.96. The van der Waals surface area contributed by atoms with Gasteiger partial charge in [-0.3, -0.25) is 4.79 Å². The van der Waals surface area contributed by atoms with E-state index in [1.165, 1.54) is 24.2 Å². The van der Waals surface area contributed by atoms with E-state index in [9.17, 15) is 9.90 Å². The number of aromatic hydroxyl groups is 1. The summed E-state index contributed by atoms with van der Waals surface area (Å²) < 4.78 is 6.11. The Morgan fingerprint density at radius 3 is 2.50 bits per heavy atom. The predicted octanol–water partition coefficient (Wildman–Crippen LogP) is 3.04. The number of rotatable bonds is 3. The summed E-state index contributed by atoms with van der Waals surface area (Å²) in [5.41, 5.74) is 2.70. The van der Waals surface area contributed by atoms with Gasteiger partial charge in [-0.1, -0.05) is 30.3 Å². The fourth-order valence-electron chi connectivity index (χ4n) is 4.00. The molecule has 0 bridgehead atoms. The van der Waals surface area contributed by atoms with Crippen LogP contribution < -0.4 is 10.3 Å². The normalized spacial score (nSPS) is 15.4. The van der Waals surface area contributed by atoms with Crippen molar-refractivity contribution in [3.05, 3.63) is 64.0 Å². The van der Waals surface area contributed by atoms with Crippen molar-refractivity contribution in [1.29, 1.82) is 0 Å². The topological polar surface area (TPSA) is 54.9 Å². The maximum atomic E-state index is 13.2. The van der Waals surface area contributed by atoms with Crippen molar-refractivity contribution in [3.8, 4) is 16.9 Å². The van der Waals surface area contributed by atoms with Crippen LogP contribution in [0.25, 0.3) is 22.1 Å². The van der Waals surface area contributed by atoms with Gasteiger partial charge in [0, 0.05) is 0 Å². The molecule has 0 saturated carbocycles. The number of hydrogen-bond acceptors (Lipinski definition) is 3. The monoisotopic (exact) mass is 350 g/mol. The molecule has 2 aromatic carbocycles. The summed E-state index contributed by atoms with van der Waals surface area (Å²) in [5.74, 6) is 0.805. The molecule has 3 aromatic rings. The van der Waals surface area contributed by atoms with Crippen LogP contribution in [-0.2, 0) is 6.54 Å². The molecule has 0 atom stereocenters. The standard InChI is InChI=1S/C22H23NO3/c1-15-20(16-8-4-2-5-9-16)21(25)17-10-11-19(24)18(22(17)26-15)14-23-12-6-3-7-13-23/h2,4-5,8-11,24H,3,6-7,12-14H2,1H3/p+1. The molecule has 0 unspecified atom stereocenters. The number of fused-ring (bicyclic) bond motifs is 1. The Balaban J connectivity index is 1.86. The highest BCUT2D eigenvalue weighted by molar-refractivity contribution is 5.86. The van der Waals surface area contributed by atoms with Crippen molar-refractivity contribution in [2.75, 3.05) is 13.1 Å². The number of nitrogens with one attached hydrogen (secondary N) is 1. The molecule has 1 saturated heterocycles. The van der Waals surface area contributed by atoms with Crippen LogP contribution in [0.1, 0.15) is 30.6 Å². The van der Waals surface area contributed by atoms with E-state index >= 15 is 0 Å². The van der Waals surface area contributed by atoms with E-state index in [1.54, 1.807) is 12.1 Å². The zero-order chi connectivity index (χ0) is 18.1. The van der Waals surface area contributed by atoms with Crippen LogP contribution in [0, 0.1) is 6.92 Å². The molecule has 2 heterocycles. The second-order valence-electron chi connectivity index (χ2n) is 7.16. The van der Waals surface area contributed by atoms with Gasteiger partial charge in [0.25, 0.3) is 0 Å². The Morgan fingerprint density at radius 2 is 1.77 bits per heavy atom. The Morgan fingerprint density at radius 1 is 1.04 bits per heavy atom. The molecular formula is C22H24NO3+. The van der Waals surface area contributed by atoms with E-state index in [0.717, 1.165) is 24.2 Å². The van der Waals surface area contributed by atoms with Crippen LogP contribution in [0.4, 0.5) is 0 Å². The molecule has 4 heteroatoms. The number of phenols is 1. The molecule has 134 valence electrons. The van der Waals surface area contributed by atoms with Crippen LogP contribution >= 0.6 is 0 Å². The van der Waals surface area contributed by atoms with Gasteiger partial charge >= 0.3 is 0 Å². The van der Waals surface area contributed by atoms with Gasteiger partial charge in [0.05, 0.1) is 29.6 Å². The lowest BCUT2D eigenvalue weighted by Gasteiger charge is -2.24. The zero-order valence-electron chi connectivity index (χ0n) is 15.0. The van der Waals surface area contributed by atoms with E-state index in [2.05, 4.69) is 0 Å². The predicted molar refractivity (Wildman–Crippen MR) is 103 cm³/mol. The van der Waals surface area contributed by atoms with Crippen LogP contribution in [-0.4, -0.2) is 18.2 Å². The maximum absolute atomic E-state index is 13.2. The third-order valence-corrected chi connectivity index (χ3v) is 5.36. The lowest BCUT2D eigenvalue weighted by molar-refractivity contribution is -0.918. The summed E-state index contributed by atoms with van der Waals surface area (Å²) in [6.45, 7) is 4.71. The molecule has 0 radical (unpaired) electrons. The fourth-order valence-corrected chi connectivity index (χ4v) is 4.00. The van der Waals surface area contributed by atoms with Gasteiger partial charge in [-0.15, -0.1) is 0 Å². The number of quaternary nitrogens is 1. The SMILES string of the molecule is Cc1oc2c(C[NH+]3CCCCC3)c(O)ccc2c(=O)c1-c1ccccc1. The average Bonchev–Trinajstić information content (AvgIpc) is 2.66. The molecule has 1 aliphatic heterocycles. The summed E-state index contributed by atoms with van der Waals surface area (Å²) in [6, 6.07) is 12.9. The number of piperidine rings is 1. The van der Waals surface area contributed by atoms with E-state index in [-0.39, 0.29) is 11.2 Å². The van der Waals surface area contributed by atoms with Gasteiger partial charge in [-0.25, -0.2) is 0 Å². The Labute approximate surface area is 152 Å². The molecule has 1 aliphatic rings. The van der Waals surface area contributed by atoms with E-state index in [1.807, 2.05) is 37.3 Å². The maximum Gasteiger partial charge on any atom is 0.200 e. The summed E-state index contributed by atoms with van der Waals surface area (Å²) in [5, 5.41) is 11.0. The number of likely N-dealkylation sites (tertiary alicyclic amines) is 1.